The number of hydrogen-bond donors (Lipinski definition) is 1. The molecular weight excluding hydrogens is 392 g/mol. The first kappa shape index (κ1) is 20.5. The molecule has 6 rings (SSSR count). The lowest BCUT2D eigenvalue weighted by molar-refractivity contribution is -0.161. The van der Waals surface area contributed by atoms with Crippen molar-refractivity contribution in [2.45, 2.75) is 51.4 Å². The lowest BCUT2D eigenvalue weighted by Crippen LogP contribution is -2.51. The maximum atomic E-state index is 13.1. The highest BCUT2D eigenvalue weighted by Gasteiger charge is 2.54. The Hall–Kier alpha value is -2.37. The molecule has 5 aliphatic rings. The van der Waals surface area contributed by atoms with Gasteiger partial charge in [0.05, 0.1) is 5.92 Å². The van der Waals surface area contributed by atoms with Crippen LogP contribution in [0.5, 0.6) is 0 Å². The first-order valence-electron chi connectivity index (χ1n) is 11.8. The van der Waals surface area contributed by atoms with E-state index in [1.807, 2.05) is 30.3 Å². The number of carbonyl (C=O) groups is 3. The van der Waals surface area contributed by atoms with Gasteiger partial charge in [0, 0.05) is 24.2 Å². The summed E-state index contributed by atoms with van der Waals surface area (Å²) >= 11 is 0. The molecule has 4 saturated carbocycles. The van der Waals surface area contributed by atoms with E-state index >= 15 is 0 Å². The Bertz CT molecular complexity index is 809. The first-order valence-corrected chi connectivity index (χ1v) is 11.8. The number of Topliss-reactive ketones (excluding diaryl/α,β-unsaturated/α-hetero) is 1. The number of ether oxygens (including phenoxy) is 1. The monoisotopic (exact) mass is 424 g/mol. The number of urea groups is 1. The number of anilines is 1. The number of benzene rings is 1. The lowest BCUT2D eigenvalue weighted by Gasteiger charge is -2.55. The molecule has 31 heavy (non-hydrogen) atoms. The van der Waals surface area contributed by atoms with E-state index in [-0.39, 0.29) is 35.7 Å². The van der Waals surface area contributed by atoms with Gasteiger partial charge in [0.1, 0.15) is 0 Å². The average Bonchev–Trinajstić information content (AvgIpc) is 2.77. The fraction of sp³-hybridized carbons (Fsp3) is 0.640. The zero-order valence-corrected chi connectivity index (χ0v) is 18.1. The molecule has 6 heteroatoms. The molecule has 1 aromatic rings. The van der Waals surface area contributed by atoms with Gasteiger partial charge in [-0.3, -0.25) is 9.59 Å². The molecule has 0 radical (unpaired) electrons. The summed E-state index contributed by atoms with van der Waals surface area (Å²) in [5, 5.41) is 2.88. The van der Waals surface area contributed by atoms with Gasteiger partial charge in [-0.1, -0.05) is 18.2 Å². The van der Waals surface area contributed by atoms with Crippen molar-refractivity contribution in [2.75, 3.05) is 25.0 Å². The molecule has 1 aliphatic heterocycles. The maximum absolute atomic E-state index is 13.1. The van der Waals surface area contributed by atoms with Gasteiger partial charge in [-0.2, -0.15) is 0 Å². The molecule has 0 aromatic heterocycles. The zero-order valence-electron chi connectivity index (χ0n) is 18.1. The van der Waals surface area contributed by atoms with Gasteiger partial charge in [0.25, 0.3) is 0 Å². The maximum Gasteiger partial charge on any atom is 0.321 e. The number of rotatable bonds is 5. The Balaban J connectivity index is 1.08. The summed E-state index contributed by atoms with van der Waals surface area (Å²) in [6.45, 7) is 0.961. The van der Waals surface area contributed by atoms with E-state index in [1.54, 1.807) is 4.90 Å². The van der Waals surface area contributed by atoms with Crippen LogP contribution in [0, 0.1) is 29.1 Å². The van der Waals surface area contributed by atoms with Crippen molar-refractivity contribution in [3.63, 3.8) is 0 Å². The van der Waals surface area contributed by atoms with E-state index < -0.39 is 0 Å². The lowest BCUT2D eigenvalue weighted by atomic mass is 9.48. The molecular formula is C25H32N2O4. The van der Waals surface area contributed by atoms with Gasteiger partial charge < -0.3 is 15.0 Å². The summed E-state index contributed by atoms with van der Waals surface area (Å²) in [5.74, 6) is 1.76. The topological polar surface area (TPSA) is 75.7 Å². The number of ketones is 1. The van der Waals surface area contributed by atoms with Crippen molar-refractivity contribution >= 4 is 23.5 Å². The number of esters is 1. The van der Waals surface area contributed by atoms with Gasteiger partial charge in [0.15, 0.2) is 12.4 Å². The van der Waals surface area contributed by atoms with Crippen LogP contribution >= 0.6 is 0 Å². The second-order valence-electron chi connectivity index (χ2n) is 10.3. The number of carbonyl (C=O) groups excluding carboxylic acids is 3. The minimum atomic E-state index is -0.277. The minimum Gasteiger partial charge on any atom is -0.457 e. The van der Waals surface area contributed by atoms with E-state index in [0.29, 0.717) is 43.7 Å². The summed E-state index contributed by atoms with van der Waals surface area (Å²) in [6.07, 6.45) is 8.05. The predicted molar refractivity (Wildman–Crippen MR) is 116 cm³/mol. The smallest absolute Gasteiger partial charge is 0.321 e. The van der Waals surface area contributed by atoms with Crippen molar-refractivity contribution < 1.29 is 19.1 Å². The number of nitrogens with zero attached hydrogens (tertiary/aromatic N) is 1. The summed E-state index contributed by atoms with van der Waals surface area (Å²) in [4.78, 5) is 39.8. The molecule has 5 fully saturated rings. The summed E-state index contributed by atoms with van der Waals surface area (Å²) in [5.41, 5.74) is 0.547. The number of piperidine rings is 1. The molecule has 1 heterocycles. The highest BCUT2D eigenvalue weighted by atomic mass is 16.5. The van der Waals surface area contributed by atoms with Gasteiger partial charge in [0.2, 0.25) is 0 Å². The van der Waals surface area contributed by atoms with E-state index in [4.69, 9.17) is 4.74 Å². The molecule has 4 bridgehead atoms. The second-order valence-corrected chi connectivity index (χ2v) is 10.3. The van der Waals surface area contributed by atoms with Crippen LogP contribution in [0.15, 0.2) is 30.3 Å². The summed E-state index contributed by atoms with van der Waals surface area (Å²) in [6, 6.07) is 9.22. The van der Waals surface area contributed by atoms with Gasteiger partial charge in [-0.25, -0.2) is 4.79 Å². The average molecular weight is 425 g/mol. The molecule has 2 amide bonds. The Labute approximate surface area is 183 Å². The Morgan fingerprint density at radius 1 is 0.935 bits per heavy atom. The molecule has 4 aliphatic carbocycles. The number of amides is 2. The van der Waals surface area contributed by atoms with Crippen LogP contribution in [0.25, 0.3) is 0 Å². The van der Waals surface area contributed by atoms with Gasteiger partial charge in [-0.15, -0.1) is 0 Å². The number of para-hydroxylation sites is 1. The third kappa shape index (κ3) is 4.21. The molecule has 0 unspecified atom stereocenters. The van der Waals surface area contributed by atoms with Crippen LogP contribution < -0.4 is 5.32 Å². The van der Waals surface area contributed by atoms with Gasteiger partial charge >= 0.3 is 12.0 Å². The first-order chi connectivity index (χ1) is 15.0. The van der Waals surface area contributed by atoms with Crippen LogP contribution in [0.1, 0.15) is 51.4 Å². The van der Waals surface area contributed by atoms with Crippen LogP contribution in [0.2, 0.25) is 0 Å². The molecule has 6 nitrogen and oxygen atoms in total. The van der Waals surface area contributed by atoms with E-state index in [0.717, 1.165) is 24.9 Å². The highest BCUT2D eigenvalue weighted by Crippen LogP contribution is 2.60. The van der Waals surface area contributed by atoms with Gasteiger partial charge in [-0.05, 0) is 81.3 Å². The molecule has 1 N–H and O–H groups in total. The van der Waals surface area contributed by atoms with Crippen molar-refractivity contribution in [1.82, 2.24) is 4.90 Å². The minimum absolute atomic E-state index is 0.0697. The van der Waals surface area contributed by atoms with Crippen LogP contribution in [0.4, 0.5) is 10.5 Å². The second kappa shape index (κ2) is 8.29. The Morgan fingerprint density at radius 2 is 1.52 bits per heavy atom. The molecule has 166 valence electrons. The normalized spacial score (nSPS) is 32.0. The van der Waals surface area contributed by atoms with Crippen molar-refractivity contribution in [3.8, 4) is 0 Å². The fourth-order valence-electron chi connectivity index (χ4n) is 6.90. The predicted octanol–water partition coefficient (Wildman–Crippen LogP) is 4.26. The van der Waals surface area contributed by atoms with Crippen LogP contribution in [0.3, 0.4) is 0 Å². The fourth-order valence-corrected chi connectivity index (χ4v) is 6.90. The molecule has 0 atom stereocenters. The zero-order chi connectivity index (χ0) is 21.4. The standard InChI is InChI=1S/C25H32N2O4/c28-22(25-13-17-10-18(14-25)12-19(11-17)15-25)16-31-23(29)20-6-8-27(9-7-20)24(30)26-21-4-2-1-3-5-21/h1-5,17-20H,6-16H2,(H,26,30). The Kier molecular flexibility index (Phi) is 5.49. The highest BCUT2D eigenvalue weighted by molar-refractivity contribution is 5.90. The summed E-state index contributed by atoms with van der Waals surface area (Å²) < 4.78 is 5.52. The molecule has 1 saturated heterocycles. The van der Waals surface area contributed by atoms with Crippen molar-refractivity contribution in [2.24, 2.45) is 29.1 Å². The quantitative estimate of drug-likeness (QED) is 0.717. The molecule has 1 aromatic carbocycles. The SMILES string of the molecule is O=C(OCC(=O)C12CC3CC(CC(C3)C1)C2)C1CCN(C(=O)Nc2ccccc2)CC1. The molecule has 0 spiro atoms. The van der Waals surface area contributed by atoms with E-state index in [1.165, 1.54) is 19.3 Å². The van der Waals surface area contributed by atoms with Crippen LogP contribution in [-0.2, 0) is 14.3 Å². The van der Waals surface area contributed by atoms with E-state index in [9.17, 15) is 14.4 Å². The Morgan fingerprint density at radius 3 is 2.10 bits per heavy atom. The third-order valence-corrected chi connectivity index (χ3v) is 8.12. The van der Waals surface area contributed by atoms with E-state index in [2.05, 4.69) is 5.32 Å². The van der Waals surface area contributed by atoms with Crippen LogP contribution in [-0.4, -0.2) is 42.4 Å². The largest absolute Gasteiger partial charge is 0.457 e. The number of likely N-dealkylation sites (tertiary alicyclic amines) is 1. The third-order valence-electron chi connectivity index (χ3n) is 8.12. The number of hydrogen-bond acceptors (Lipinski definition) is 4. The summed E-state index contributed by atoms with van der Waals surface area (Å²) in [7, 11) is 0. The van der Waals surface area contributed by atoms with Crippen molar-refractivity contribution in [1.29, 1.82) is 0 Å². The van der Waals surface area contributed by atoms with Crippen molar-refractivity contribution in [3.05, 3.63) is 30.3 Å². The number of nitrogens with one attached hydrogen (secondary N) is 1.